The summed E-state index contributed by atoms with van der Waals surface area (Å²) in [6.45, 7) is 1.38. The number of nitrogens with one attached hydrogen (secondary N) is 2. The Morgan fingerprint density at radius 2 is 1.56 bits per heavy atom. The molecule has 36 heavy (non-hydrogen) atoms. The Hall–Kier alpha value is -4.37. The van der Waals surface area contributed by atoms with Crippen molar-refractivity contribution in [1.29, 1.82) is 0 Å². The highest BCUT2D eigenvalue weighted by molar-refractivity contribution is 7.92. The first-order valence-corrected chi connectivity index (χ1v) is 12.4. The van der Waals surface area contributed by atoms with Crippen LogP contribution in [0.3, 0.4) is 0 Å². The van der Waals surface area contributed by atoms with E-state index < -0.39 is 21.7 Å². The summed E-state index contributed by atoms with van der Waals surface area (Å²) in [4.78, 5) is 12.5. The topological polar surface area (TPSA) is 93.7 Å². The average molecular weight is 507 g/mol. The SMILES string of the molecule is Cc1cc(S(=O)(=O)Nc2ccc(F)cc2)ccc1OCC(=O)Nc1ccccc1Oc1ccccc1. The summed E-state index contributed by atoms with van der Waals surface area (Å²) in [7, 11) is -3.89. The third-order valence-electron chi connectivity index (χ3n) is 5.04. The highest BCUT2D eigenvalue weighted by Gasteiger charge is 2.17. The Morgan fingerprint density at radius 1 is 0.861 bits per heavy atom. The van der Waals surface area contributed by atoms with E-state index in [0.29, 0.717) is 28.5 Å². The van der Waals surface area contributed by atoms with Crippen molar-refractivity contribution < 1.29 is 27.1 Å². The molecule has 0 spiro atoms. The number of hydrogen-bond donors (Lipinski definition) is 2. The van der Waals surface area contributed by atoms with Crippen LogP contribution in [-0.4, -0.2) is 20.9 Å². The highest BCUT2D eigenvalue weighted by Crippen LogP contribution is 2.29. The molecule has 0 saturated carbocycles. The summed E-state index contributed by atoms with van der Waals surface area (Å²) >= 11 is 0. The molecular weight excluding hydrogens is 483 g/mol. The van der Waals surface area contributed by atoms with Gasteiger partial charge in [0.1, 0.15) is 17.3 Å². The lowest BCUT2D eigenvalue weighted by Gasteiger charge is -2.14. The number of anilines is 2. The molecule has 0 fully saturated rings. The Labute approximate surface area is 208 Å². The smallest absolute Gasteiger partial charge is 0.262 e. The first-order chi connectivity index (χ1) is 17.3. The van der Waals surface area contributed by atoms with Crippen LogP contribution in [0, 0.1) is 12.7 Å². The van der Waals surface area contributed by atoms with Gasteiger partial charge in [0.2, 0.25) is 0 Å². The van der Waals surface area contributed by atoms with Crippen molar-refractivity contribution in [3.8, 4) is 17.2 Å². The van der Waals surface area contributed by atoms with Crippen molar-refractivity contribution in [3.05, 3.63) is 108 Å². The molecule has 0 aromatic heterocycles. The number of benzene rings is 4. The van der Waals surface area contributed by atoms with E-state index in [1.807, 2.05) is 30.3 Å². The minimum atomic E-state index is -3.89. The average Bonchev–Trinajstić information content (AvgIpc) is 2.86. The van der Waals surface area contributed by atoms with Gasteiger partial charge in [-0.25, -0.2) is 12.8 Å². The van der Waals surface area contributed by atoms with Crippen LogP contribution in [0.2, 0.25) is 0 Å². The summed E-state index contributed by atoms with van der Waals surface area (Å²) in [5.74, 6) is 0.603. The van der Waals surface area contributed by atoms with Gasteiger partial charge >= 0.3 is 0 Å². The van der Waals surface area contributed by atoms with Crippen molar-refractivity contribution in [2.24, 2.45) is 0 Å². The second kappa shape index (κ2) is 10.9. The molecule has 4 aromatic carbocycles. The van der Waals surface area contributed by atoms with Crippen LogP contribution < -0.4 is 19.5 Å². The Balaban J connectivity index is 1.38. The molecule has 0 aliphatic heterocycles. The summed E-state index contributed by atoms with van der Waals surface area (Å²) in [6.07, 6.45) is 0. The Kier molecular flexibility index (Phi) is 7.50. The molecule has 0 unspecified atom stereocenters. The highest BCUT2D eigenvalue weighted by atomic mass is 32.2. The largest absolute Gasteiger partial charge is 0.483 e. The number of carbonyl (C=O) groups is 1. The Morgan fingerprint density at radius 3 is 2.28 bits per heavy atom. The number of sulfonamides is 1. The summed E-state index contributed by atoms with van der Waals surface area (Å²) in [5.41, 5.74) is 1.25. The molecule has 0 radical (unpaired) electrons. The van der Waals surface area contributed by atoms with Crippen LogP contribution in [0.25, 0.3) is 0 Å². The number of rotatable bonds is 9. The van der Waals surface area contributed by atoms with Gasteiger partial charge in [0, 0.05) is 5.69 Å². The summed E-state index contributed by atoms with van der Waals surface area (Å²) in [5, 5.41) is 2.77. The number of carbonyl (C=O) groups excluding carboxylic acids is 1. The van der Waals surface area contributed by atoms with E-state index in [9.17, 15) is 17.6 Å². The van der Waals surface area contributed by atoms with Gasteiger partial charge in [-0.1, -0.05) is 30.3 Å². The predicted molar refractivity (Wildman–Crippen MR) is 135 cm³/mol. The molecular formula is C27H23FN2O5S. The van der Waals surface area contributed by atoms with E-state index in [1.54, 1.807) is 31.2 Å². The van der Waals surface area contributed by atoms with Crippen molar-refractivity contribution in [2.75, 3.05) is 16.6 Å². The fourth-order valence-corrected chi connectivity index (χ4v) is 4.43. The molecule has 184 valence electrons. The minimum Gasteiger partial charge on any atom is -0.483 e. The lowest BCUT2D eigenvalue weighted by atomic mass is 10.2. The van der Waals surface area contributed by atoms with E-state index >= 15 is 0 Å². The van der Waals surface area contributed by atoms with Crippen molar-refractivity contribution in [1.82, 2.24) is 0 Å². The molecule has 0 saturated heterocycles. The molecule has 1 amide bonds. The van der Waals surface area contributed by atoms with Gasteiger partial charge in [-0.05, 0) is 79.2 Å². The zero-order chi connectivity index (χ0) is 25.5. The lowest BCUT2D eigenvalue weighted by Crippen LogP contribution is -2.20. The van der Waals surface area contributed by atoms with Crippen LogP contribution in [0.15, 0.2) is 102 Å². The van der Waals surface area contributed by atoms with Gasteiger partial charge in [0.25, 0.3) is 15.9 Å². The minimum absolute atomic E-state index is 0.00751. The number of para-hydroxylation sites is 3. The standard InChI is InChI=1S/C27H23FN2O5S/c1-19-17-23(36(32,33)30-21-13-11-20(28)12-14-21)15-16-25(19)34-18-27(31)29-24-9-5-6-10-26(24)35-22-7-3-2-4-8-22/h2-17,30H,18H2,1H3,(H,29,31). The third kappa shape index (κ3) is 6.39. The van der Waals surface area contributed by atoms with Gasteiger partial charge in [-0.15, -0.1) is 0 Å². The first kappa shape index (κ1) is 24.7. The maximum atomic E-state index is 13.1. The van der Waals surface area contributed by atoms with Crippen LogP contribution >= 0.6 is 0 Å². The molecule has 0 aliphatic rings. The van der Waals surface area contributed by atoms with Crippen molar-refractivity contribution in [3.63, 3.8) is 0 Å². The molecule has 0 heterocycles. The number of aryl methyl sites for hydroxylation is 1. The number of amides is 1. The molecule has 4 rings (SSSR count). The molecule has 7 nitrogen and oxygen atoms in total. The molecule has 2 N–H and O–H groups in total. The van der Waals surface area contributed by atoms with E-state index in [0.717, 1.165) is 12.1 Å². The van der Waals surface area contributed by atoms with Crippen LogP contribution in [0.1, 0.15) is 5.56 Å². The zero-order valence-corrected chi connectivity index (χ0v) is 20.1. The van der Waals surface area contributed by atoms with Gasteiger partial charge in [0.05, 0.1) is 10.6 Å². The molecule has 0 atom stereocenters. The Bertz CT molecular complexity index is 1460. The maximum Gasteiger partial charge on any atom is 0.262 e. The number of halogens is 1. The van der Waals surface area contributed by atoms with Crippen LogP contribution in [0.4, 0.5) is 15.8 Å². The van der Waals surface area contributed by atoms with Crippen molar-refractivity contribution >= 4 is 27.3 Å². The van der Waals surface area contributed by atoms with Crippen LogP contribution in [0.5, 0.6) is 17.2 Å². The first-order valence-electron chi connectivity index (χ1n) is 10.9. The zero-order valence-electron chi connectivity index (χ0n) is 19.3. The molecule has 4 aromatic rings. The quantitative estimate of drug-likeness (QED) is 0.302. The lowest BCUT2D eigenvalue weighted by molar-refractivity contribution is -0.118. The predicted octanol–water partition coefficient (Wildman–Crippen LogP) is 5.74. The molecule has 9 heteroatoms. The third-order valence-corrected chi connectivity index (χ3v) is 6.42. The normalized spacial score (nSPS) is 10.9. The van der Waals surface area contributed by atoms with Gasteiger partial charge < -0.3 is 14.8 Å². The van der Waals surface area contributed by atoms with E-state index in [1.165, 1.54) is 30.3 Å². The van der Waals surface area contributed by atoms with Crippen LogP contribution in [-0.2, 0) is 14.8 Å². The van der Waals surface area contributed by atoms with E-state index in [-0.39, 0.29) is 17.2 Å². The number of hydrogen-bond acceptors (Lipinski definition) is 5. The monoisotopic (exact) mass is 506 g/mol. The van der Waals surface area contributed by atoms with E-state index in [2.05, 4.69) is 10.0 Å². The maximum absolute atomic E-state index is 13.1. The fraction of sp³-hybridized carbons (Fsp3) is 0.0741. The summed E-state index contributed by atoms with van der Waals surface area (Å²) < 4.78 is 52.3. The fourth-order valence-electron chi connectivity index (χ4n) is 3.29. The molecule has 0 aliphatic carbocycles. The molecule has 0 bridgehead atoms. The van der Waals surface area contributed by atoms with Gasteiger partial charge in [0.15, 0.2) is 12.4 Å². The van der Waals surface area contributed by atoms with E-state index in [4.69, 9.17) is 9.47 Å². The number of ether oxygens (including phenoxy) is 2. The van der Waals surface area contributed by atoms with Gasteiger partial charge in [-0.2, -0.15) is 0 Å². The second-order valence-corrected chi connectivity index (χ2v) is 9.47. The second-order valence-electron chi connectivity index (χ2n) is 7.79. The van der Waals surface area contributed by atoms with Gasteiger partial charge in [-0.3, -0.25) is 9.52 Å². The van der Waals surface area contributed by atoms with Crippen molar-refractivity contribution in [2.45, 2.75) is 11.8 Å². The summed E-state index contributed by atoms with van der Waals surface area (Å²) in [6, 6.07) is 25.5.